The smallest absolute Gasteiger partial charge is 0.291 e. The van der Waals surface area contributed by atoms with Gasteiger partial charge in [0.1, 0.15) is 23.9 Å². The molecule has 1 N–H and O–H groups in total. The third kappa shape index (κ3) is 3.93. The predicted octanol–water partition coefficient (Wildman–Crippen LogP) is 4.44. The molecule has 0 aliphatic rings. The number of nitrogens with zero attached hydrogens (tertiary/aromatic N) is 2. The Morgan fingerprint density at radius 3 is 2.75 bits per heavy atom. The van der Waals surface area contributed by atoms with Crippen LogP contribution in [-0.2, 0) is 6.61 Å². The molecule has 140 valence electrons. The fourth-order valence-electron chi connectivity index (χ4n) is 2.64. The second kappa shape index (κ2) is 7.79. The lowest BCUT2D eigenvalue weighted by Gasteiger charge is -2.07. The minimum Gasteiger partial charge on any atom is -0.486 e. The Labute approximate surface area is 160 Å². The molecule has 0 saturated carbocycles. The summed E-state index contributed by atoms with van der Waals surface area (Å²) in [6.45, 7) is 0.200. The van der Waals surface area contributed by atoms with Gasteiger partial charge in [-0.25, -0.2) is 9.37 Å². The first kappa shape index (κ1) is 17.5. The number of hydrogen-bond acceptors (Lipinski definition) is 4. The maximum atomic E-state index is 14.3. The zero-order valence-corrected chi connectivity index (χ0v) is 14.7. The van der Waals surface area contributed by atoms with Crippen LogP contribution < -0.4 is 10.1 Å². The summed E-state index contributed by atoms with van der Waals surface area (Å²) in [4.78, 5) is 16.2. The molecule has 0 aliphatic heterocycles. The topological polar surface area (TPSA) is 69.3 Å². The van der Waals surface area contributed by atoms with E-state index in [9.17, 15) is 9.18 Å². The van der Waals surface area contributed by atoms with Crippen LogP contribution in [0.3, 0.4) is 0 Å². The highest BCUT2D eigenvalue weighted by atomic mass is 19.1. The van der Waals surface area contributed by atoms with E-state index in [-0.39, 0.29) is 12.4 Å². The van der Waals surface area contributed by atoms with Gasteiger partial charge >= 0.3 is 0 Å². The van der Waals surface area contributed by atoms with E-state index in [2.05, 4.69) is 10.3 Å². The Morgan fingerprint density at radius 2 is 2.00 bits per heavy atom. The van der Waals surface area contributed by atoms with Crippen LogP contribution in [0.25, 0.3) is 5.69 Å². The van der Waals surface area contributed by atoms with Gasteiger partial charge in [-0.2, -0.15) is 0 Å². The van der Waals surface area contributed by atoms with Gasteiger partial charge in [0, 0.05) is 18.1 Å². The number of anilines is 1. The number of halogens is 1. The summed E-state index contributed by atoms with van der Waals surface area (Å²) in [6, 6.07) is 16.9. The molecule has 1 amide bonds. The Bertz CT molecular complexity index is 1080. The normalized spacial score (nSPS) is 10.6. The highest BCUT2D eigenvalue weighted by Crippen LogP contribution is 2.20. The molecule has 2 heterocycles. The summed E-state index contributed by atoms with van der Waals surface area (Å²) in [6.07, 6.45) is 4.70. The van der Waals surface area contributed by atoms with E-state index in [0.29, 0.717) is 22.9 Å². The molecule has 0 atom stereocenters. The van der Waals surface area contributed by atoms with Crippen molar-refractivity contribution in [2.45, 2.75) is 6.61 Å². The van der Waals surface area contributed by atoms with E-state index in [0.717, 1.165) is 0 Å². The Balaban J connectivity index is 1.40. The van der Waals surface area contributed by atoms with Crippen molar-refractivity contribution in [1.82, 2.24) is 9.55 Å². The molecule has 0 aliphatic carbocycles. The minimum atomic E-state index is -0.479. The molecule has 7 heteroatoms. The van der Waals surface area contributed by atoms with Crippen LogP contribution in [0.1, 0.15) is 16.3 Å². The average Bonchev–Trinajstić information content (AvgIpc) is 3.39. The van der Waals surface area contributed by atoms with E-state index >= 15 is 0 Å². The summed E-state index contributed by atoms with van der Waals surface area (Å²) in [5.41, 5.74) is 0.665. The molecule has 0 spiro atoms. The van der Waals surface area contributed by atoms with Crippen molar-refractivity contribution in [1.29, 1.82) is 0 Å². The van der Waals surface area contributed by atoms with Gasteiger partial charge in [-0.3, -0.25) is 4.79 Å². The van der Waals surface area contributed by atoms with Crippen LogP contribution in [0.5, 0.6) is 5.75 Å². The average molecular weight is 377 g/mol. The predicted molar refractivity (Wildman–Crippen MR) is 101 cm³/mol. The van der Waals surface area contributed by atoms with Gasteiger partial charge in [-0.15, -0.1) is 0 Å². The third-order valence-electron chi connectivity index (χ3n) is 4.00. The van der Waals surface area contributed by atoms with Gasteiger partial charge in [-0.05, 0) is 42.5 Å². The number of para-hydroxylation sites is 1. The van der Waals surface area contributed by atoms with Crippen LogP contribution in [-0.4, -0.2) is 15.5 Å². The largest absolute Gasteiger partial charge is 0.486 e. The molecule has 0 radical (unpaired) electrons. The Hall–Kier alpha value is -3.87. The number of furan rings is 1. The van der Waals surface area contributed by atoms with Crippen LogP contribution in [0.4, 0.5) is 10.1 Å². The number of imidazole rings is 1. The molecule has 4 aromatic rings. The molecular formula is C21H16FN3O3. The molecule has 0 bridgehead atoms. The second-order valence-corrected chi connectivity index (χ2v) is 5.96. The van der Waals surface area contributed by atoms with Crippen molar-refractivity contribution in [2.75, 3.05) is 5.32 Å². The maximum Gasteiger partial charge on any atom is 0.291 e. The summed E-state index contributed by atoms with van der Waals surface area (Å²) in [5.74, 6) is 0.382. The quantitative estimate of drug-likeness (QED) is 0.539. The van der Waals surface area contributed by atoms with E-state index < -0.39 is 11.7 Å². The number of amides is 1. The number of aromatic nitrogens is 2. The van der Waals surface area contributed by atoms with E-state index in [4.69, 9.17) is 9.15 Å². The summed E-state index contributed by atoms with van der Waals surface area (Å²) < 4.78 is 26.9. The molecule has 0 fully saturated rings. The lowest BCUT2D eigenvalue weighted by Crippen LogP contribution is -2.11. The van der Waals surface area contributed by atoms with Gasteiger partial charge in [0.25, 0.3) is 5.91 Å². The number of benzene rings is 2. The van der Waals surface area contributed by atoms with Crippen LogP contribution >= 0.6 is 0 Å². The number of carbonyl (C=O) groups is 1. The van der Waals surface area contributed by atoms with Gasteiger partial charge in [-0.1, -0.05) is 18.2 Å². The molecule has 4 rings (SSSR count). The SMILES string of the molecule is O=C(Nc1ccc(-n2ccnc2)c(F)c1)c1ccc(COc2ccccc2)o1. The van der Waals surface area contributed by atoms with Crippen molar-refractivity contribution in [3.8, 4) is 11.4 Å². The third-order valence-corrected chi connectivity index (χ3v) is 4.00. The first-order valence-electron chi connectivity index (χ1n) is 8.55. The molecular weight excluding hydrogens is 361 g/mol. The lowest BCUT2D eigenvalue weighted by atomic mass is 10.2. The zero-order chi connectivity index (χ0) is 19.3. The van der Waals surface area contributed by atoms with Crippen LogP contribution in [0, 0.1) is 5.82 Å². The molecule has 2 aromatic heterocycles. The second-order valence-electron chi connectivity index (χ2n) is 5.96. The molecule has 0 saturated heterocycles. The molecule has 28 heavy (non-hydrogen) atoms. The first-order valence-corrected chi connectivity index (χ1v) is 8.55. The maximum absolute atomic E-state index is 14.3. The lowest BCUT2D eigenvalue weighted by molar-refractivity contribution is 0.0992. The minimum absolute atomic E-state index is 0.116. The summed E-state index contributed by atoms with van der Waals surface area (Å²) >= 11 is 0. The number of ether oxygens (including phenoxy) is 1. The Kier molecular flexibility index (Phi) is 4.88. The number of rotatable bonds is 6. The first-order chi connectivity index (χ1) is 13.7. The van der Waals surface area contributed by atoms with Crippen LogP contribution in [0.15, 0.2) is 83.8 Å². The van der Waals surface area contributed by atoms with Gasteiger partial charge in [0.15, 0.2) is 5.76 Å². The van der Waals surface area contributed by atoms with Gasteiger partial charge in [0.05, 0.1) is 12.0 Å². The highest BCUT2D eigenvalue weighted by molar-refractivity contribution is 6.02. The fraction of sp³-hybridized carbons (Fsp3) is 0.0476. The molecule has 6 nitrogen and oxygen atoms in total. The van der Waals surface area contributed by atoms with Crippen molar-refractivity contribution in [3.63, 3.8) is 0 Å². The summed E-state index contributed by atoms with van der Waals surface area (Å²) in [5, 5.41) is 2.62. The Morgan fingerprint density at radius 1 is 1.14 bits per heavy atom. The van der Waals surface area contributed by atoms with E-state index in [1.165, 1.54) is 12.4 Å². The molecule has 0 unspecified atom stereocenters. The zero-order valence-electron chi connectivity index (χ0n) is 14.7. The van der Waals surface area contributed by atoms with Crippen molar-refractivity contribution in [3.05, 3.63) is 96.7 Å². The highest BCUT2D eigenvalue weighted by Gasteiger charge is 2.13. The van der Waals surface area contributed by atoms with Crippen molar-refractivity contribution in [2.24, 2.45) is 0 Å². The summed E-state index contributed by atoms with van der Waals surface area (Å²) in [7, 11) is 0. The van der Waals surface area contributed by atoms with Gasteiger partial charge in [0.2, 0.25) is 0 Å². The number of hydrogen-bond donors (Lipinski definition) is 1. The fourth-order valence-corrected chi connectivity index (χ4v) is 2.64. The molecule has 2 aromatic carbocycles. The monoisotopic (exact) mass is 377 g/mol. The number of carbonyl (C=O) groups excluding carboxylic acids is 1. The van der Waals surface area contributed by atoms with E-state index in [1.54, 1.807) is 41.2 Å². The standard InChI is InChI=1S/C21H16FN3O3/c22-18-12-15(6-8-19(18)25-11-10-23-14-25)24-21(26)20-9-7-17(28-20)13-27-16-4-2-1-3-5-16/h1-12,14H,13H2,(H,24,26). The number of nitrogens with one attached hydrogen (secondary N) is 1. The van der Waals surface area contributed by atoms with Crippen molar-refractivity contribution < 1.29 is 18.3 Å². The van der Waals surface area contributed by atoms with Gasteiger partial charge < -0.3 is 19.0 Å². The van der Waals surface area contributed by atoms with E-state index in [1.807, 2.05) is 30.3 Å². The van der Waals surface area contributed by atoms with Crippen LogP contribution in [0.2, 0.25) is 0 Å². The van der Waals surface area contributed by atoms with Crippen molar-refractivity contribution >= 4 is 11.6 Å².